The largest absolute Gasteiger partial charge is 0.370 e. The molecule has 0 N–H and O–H groups in total. The minimum absolute atomic E-state index is 0.201. The molecular weight excluding hydrogens is 278 g/mol. The van der Waals surface area contributed by atoms with Crippen LogP contribution in [0.5, 0.6) is 0 Å². The molecule has 0 unspecified atom stereocenters. The minimum atomic E-state index is -3.65. The minimum Gasteiger partial charge on any atom is -0.370 e. The van der Waals surface area contributed by atoms with E-state index in [4.69, 9.17) is 8.92 Å². The first kappa shape index (κ1) is 15.4. The molecular formula is C14H22NO4S+. The smallest absolute Gasteiger partial charge is 0.297 e. The Balaban J connectivity index is 1.91. The molecule has 0 amide bonds. The van der Waals surface area contributed by atoms with Crippen LogP contribution in [0, 0.1) is 6.92 Å². The third kappa shape index (κ3) is 4.02. The van der Waals surface area contributed by atoms with E-state index in [-0.39, 0.29) is 11.5 Å². The van der Waals surface area contributed by atoms with Gasteiger partial charge in [-0.15, -0.1) is 0 Å². The van der Waals surface area contributed by atoms with Gasteiger partial charge in [0.25, 0.3) is 10.1 Å². The van der Waals surface area contributed by atoms with Gasteiger partial charge < -0.3 is 9.22 Å². The Kier molecular flexibility index (Phi) is 4.80. The van der Waals surface area contributed by atoms with Crippen molar-refractivity contribution in [2.24, 2.45) is 0 Å². The van der Waals surface area contributed by atoms with Gasteiger partial charge in [-0.3, -0.25) is 4.18 Å². The highest BCUT2D eigenvalue weighted by molar-refractivity contribution is 7.86. The van der Waals surface area contributed by atoms with Gasteiger partial charge in [0.15, 0.2) is 0 Å². The van der Waals surface area contributed by atoms with Gasteiger partial charge in [-0.25, -0.2) is 0 Å². The van der Waals surface area contributed by atoms with Gasteiger partial charge in [0.05, 0.1) is 25.2 Å². The molecule has 1 aliphatic rings. The van der Waals surface area contributed by atoms with E-state index in [9.17, 15) is 8.42 Å². The fourth-order valence-corrected chi connectivity index (χ4v) is 3.05. The molecule has 5 nitrogen and oxygen atoms in total. The summed E-state index contributed by atoms with van der Waals surface area (Å²) < 4.78 is 35.3. The lowest BCUT2D eigenvalue weighted by atomic mass is 10.2. The van der Waals surface area contributed by atoms with Crippen LogP contribution in [0.1, 0.15) is 5.56 Å². The molecule has 1 aromatic rings. The Morgan fingerprint density at radius 2 is 1.80 bits per heavy atom. The van der Waals surface area contributed by atoms with Crippen LogP contribution in [0.3, 0.4) is 0 Å². The Bertz CT molecular complexity index is 533. The SMILES string of the molecule is Cc1ccc(S(=O)(=O)OCC[N+]2(C)CCOCC2)cc1. The number of hydrogen-bond donors (Lipinski definition) is 0. The number of likely N-dealkylation sites (N-methyl/N-ethyl adjacent to an activating group) is 1. The fraction of sp³-hybridized carbons (Fsp3) is 0.571. The van der Waals surface area contributed by atoms with E-state index in [0.717, 1.165) is 36.3 Å². The van der Waals surface area contributed by atoms with Crippen LogP contribution in [0.4, 0.5) is 0 Å². The zero-order valence-corrected chi connectivity index (χ0v) is 12.9. The summed E-state index contributed by atoms with van der Waals surface area (Å²) in [6.45, 7) is 6.03. The van der Waals surface area contributed by atoms with Gasteiger partial charge in [0.1, 0.15) is 26.2 Å². The van der Waals surface area contributed by atoms with Crippen LogP contribution in [0.15, 0.2) is 29.2 Å². The number of nitrogens with zero attached hydrogens (tertiary/aromatic N) is 1. The lowest BCUT2D eigenvalue weighted by Gasteiger charge is -2.37. The van der Waals surface area contributed by atoms with Crippen LogP contribution >= 0.6 is 0 Å². The molecule has 1 aromatic carbocycles. The third-order valence-corrected chi connectivity index (χ3v) is 5.06. The summed E-state index contributed by atoms with van der Waals surface area (Å²) in [7, 11) is -1.54. The summed E-state index contributed by atoms with van der Waals surface area (Å²) in [5, 5.41) is 0. The molecule has 1 saturated heterocycles. The van der Waals surface area contributed by atoms with Crippen molar-refractivity contribution in [3.63, 3.8) is 0 Å². The molecule has 1 heterocycles. The summed E-state index contributed by atoms with van der Waals surface area (Å²) in [4.78, 5) is 0.215. The second-order valence-electron chi connectivity index (χ2n) is 5.49. The van der Waals surface area contributed by atoms with Gasteiger partial charge in [0, 0.05) is 0 Å². The first-order chi connectivity index (χ1) is 9.41. The number of aryl methyl sites for hydroxylation is 1. The van der Waals surface area contributed by atoms with Crippen molar-refractivity contribution in [1.82, 2.24) is 0 Å². The summed E-state index contributed by atoms with van der Waals surface area (Å²) in [5.74, 6) is 0. The zero-order valence-electron chi connectivity index (χ0n) is 12.0. The monoisotopic (exact) mass is 300 g/mol. The van der Waals surface area contributed by atoms with Gasteiger partial charge >= 0.3 is 0 Å². The molecule has 0 aliphatic carbocycles. The molecule has 0 saturated carbocycles. The lowest BCUT2D eigenvalue weighted by Crippen LogP contribution is -2.53. The van der Waals surface area contributed by atoms with E-state index in [2.05, 4.69) is 7.05 Å². The van der Waals surface area contributed by atoms with Crippen molar-refractivity contribution in [3.8, 4) is 0 Å². The molecule has 0 bridgehead atoms. The normalized spacial score (nSPS) is 18.9. The summed E-state index contributed by atoms with van der Waals surface area (Å²) in [5.41, 5.74) is 1.02. The Labute approximate surface area is 120 Å². The third-order valence-electron chi connectivity index (χ3n) is 3.73. The lowest BCUT2D eigenvalue weighted by molar-refractivity contribution is -0.916. The number of quaternary nitrogens is 1. The highest BCUT2D eigenvalue weighted by Gasteiger charge is 2.26. The molecule has 0 atom stereocenters. The molecule has 112 valence electrons. The summed E-state index contributed by atoms with van der Waals surface area (Å²) >= 11 is 0. The standard InChI is InChI=1S/C14H22NO4S/c1-13-3-5-14(6-4-13)20(16,17)19-12-9-15(2)7-10-18-11-8-15/h3-6H,7-12H2,1-2H3/q+1. The number of morpholine rings is 1. The maximum atomic E-state index is 12.0. The molecule has 1 aliphatic heterocycles. The van der Waals surface area contributed by atoms with Crippen LogP contribution in [0.25, 0.3) is 0 Å². The summed E-state index contributed by atoms with van der Waals surface area (Å²) in [6, 6.07) is 6.70. The zero-order chi connectivity index (χ0) is 14.6. The topological polar surface area (TPSA) is 52.6 Å². The first-order valence-corrected chi connectivity index (χ1v) is 8.20. The van der Waals surface area contributed by atoms with Gasteiger partial charge in [-0.1, -0.05) is 17.7 Å². The van der Waals surface area contributed by atoms with Crippen LogP contribution in [-0.4, -0.2) is 59.4 Å². The van der Waals surface area contributed by atoms with E-state index in [1.54, 1.807) is 24.3 Å². The van der Waals surface area contributed by atoms with Crippen molar-refractivity contribution in [3.05, 3.63) is 29.8 Å². The number of benzene rings is 1. The molecule has 0 radical (unpaired) electrons. The average Bonchev–Trinajstić information content (AvgIpc) is 2.39. The Morgan fingerprint density at radius 1 is 1.20 bits per heavy atom. The van der Waals surface area contributed by atoms with E-state index in [0.29, 0.717) is 6.54 Å². The predicted octanol–water partition coefficient (Wildman–Crippen LogP) is 1.18. The molecule has 20 heavy (non-hydrogen) atoms. The van der Waals surface area contributed by atoms with Gasteiger partial charge in [0.2, 0.25) is 0 Å². The number of hydrogen-bond acceptors (Lipinski definition) is 4. The Morgan fingerprint density at radius 3 is 2.40 bits per heavy atom. The fourth-order valence-electron chi connectivity index (χ4n) is 2.15. The highest BCUT2D eigenvalue weighted by atomic mass is 32.2. The molecule has 6 heteroatoms. The maximum Gasteiger partial charge on any atom is 0.297 e. The van der Waals surface area contributed by atoms with E-state index in [1.807, 2.05) is 6.92 Å². The van der Waals surface area contributed by atoms with Crippen molar-refractivity contribution in [1.29, 1.82) is 0 Å². The predicted molar refractivity (Wildman–Crippen MR) is 75.9 cm³/mol. The molecule has 1 fully saturated rings. The van der Waals surface area contributed by atoms with E-state index >= 15 is 0 Å². The number of rotatable bonds is 5. The maximum absolute atomic E-state index is 12.0. The second-order valence-corrected chi connectivity index (χ2v) is 7.11. The Hall–Kier alpha value is -0.950. The van der Waals surface area contributed by atoms with Crippen LogP contribution in [0.2, 0.25) is 0 Å². The van der Waals surface area contributed by atoms with E-state index < -0.39 is 10.1 Å². The van der Waals surface area contributed by atoms with Crippen molar-refractivity contribution in [2.75, 3.05) is 46.5 Å². The second kappa shape index (κ2) is 6.22. The molecule has 0 aromatic heterocycles. The molecule has 0 spiro atoms. The van der Waals surface area contributed by atoms with Crippen molar-refractivity contribution in [2.45, 2.75) is 11.8 Å². The van der Waals surface area contributed by atoms with Crippen molar-refractivity contribution >= 4 is 10.1 Å². The van der Waals surface area contributed by atoms with Crippen LogP contribution in [-0.2, 0) is 19.0 Å². The molecule has 2 rings (SSSR count). The van der Waals surface area contributed by atoms with Crippen molar-refractivity contribution < 1.29 is 21.8 Å². The number of ether oxygens (including phenoxy) is 1. The average molecular weight is 300 g/mol. The highest BCUT2D eigenvalue weighted by Crippen LogP contribution is 2.14. The van der Waals surface area contributed by atoms with Crippen LogP contribution < -0.4 is 0 Å². The van der Waals surface area contributed by atoms with Gasteiger partial charge in [-0.05, 0) is 19.1 Å². The first-order valence-electron chi connectivity index (χ1n) is 6.79. The quantitative estimate of drug-likeness (QED) is 0.605. The van der Waals surface area contributed by atoms with Gasteiger partial charge in [-0.2, -0.15) is 8.42 Å². The van der Waals surface area contributed by atoms with E-state index in [1.165, 1.54) is 0 Å². The summed E-state index contributed by atoms with van der Waals surface area (Å²) in [6.07, 6.45) is 0.